The van der Waals surface area contributed by atoms with Crippen molar-refractivity contribution in [3.63, 3.8) is 0 Å². The molecule has 0 aromatic rings. The smallest absolute Gasteiger partial charge is 0.325 e. The van der Waals surface area contributed by atoms with E-state index >= 15 is 0 Å². The van der Waals surface area contributed by atoms with Crippen molar-refractivity contribution in [2.75, 3.05) is 19.6 Å². The first-order valence-electron chi connectivity index (χ1n) is 10.2. The van der Waals surface area contributed by atoms with Crippen LogP contribution in [-0.2, 0) is 14.4 Å². The van der Waals surface area contributed by atoms with Gasteiger partial charge < -0.3 is 15.5 Å². The minimum absolute atomic E-state index is 0.0785. The summed E-state index contributed by atoms with van der Waals surface area (Å²) in [6.45, 7) is 1.23. The molecule has 8 heteroatoms. The predicted octanol–water partition coefficient (Wildman–Crippen LogP) is 0.758. The minimum atomic E-state index is -0.685. The van der Waals surface area contributed by atoms with Gasteiger partial charge in [-0.1, -0.05) is 19.3 Å². The van der Waals surface area contributed by atoms with Crippen LogP contribution in [0.2, 0.25) is 0 Å². The zero-order valence-corrected chi connectivity index (χ0v) is 15.7. The number of rotatable bonds is 6. The van der Waals surface area contributed by atoms with Crippen molar-refractivity contribution in [1.29, 1.82) is 0 Å². The van der Waals surface area contributed by atoms with E-state index in [1.54, 1.807) is 0 Å². The largest absolute Gasteiger partial charge is 0.356 e. The van der Waals surface area contributed by atoms with Gasteiger partial charge in [0.1, 0.15) is 5.54 Å². The highest BCUT2D eigenvalue weighted by molar-refractivity contribution is 6.07. The molecule has 0 aromatic heterocycles. The number of amides is 5. The van der Waals surface area contributed by atoms with Gasteiger partial charge in [0.25, 0.3) is 5.91 Å². The molecule has 2 saturated heterocycles. The second-order valence-corrected chi connectivity index (χ2v) is 8.35. The van der Waals surface area contributed by atoms with Crippen molar-refractivity contribution in [2.45, 2.75) is 69.4 Å². The maximum Gasteiger partial charge on any atom is 0.325 e. The van der Waals surface area contributed by atoms with Crippen LogP contribution in [0.25, 0.3) is 0 Å². The van der Waals surface area contributed by atoms with Crippen LogP contribution in [0, 0.1) is 5.92 Å². The molecule has 27 heavy (non-hydrogen) atoms. The molecule has 2 saturated carbocycles. The van der Waals surface area contributed by atoms with E-state index in [4.69, 9.17) is 0 Å². The molecule has 5 amide bonds. The van der Waals surface area contributed by atoms with Gasteiger partial charge in [-0.25, -0.2) is 4.79 Å². The summed E-state index contributed by atoms with van der Waals surface area (Å²) in [4.78, 5) is 52.3. The average molecular weight is 376 g/mol. The van der Waals surface area contributed by atoms with Gasteiger partial charge in [-0.3, -0.25) is 19.3 Å². The maximum atomic E-state index is 12.7. The number of imide groups is 1. The first-order chi connectivity index (χ1) is 13.0. The zero-order chi connectivity index (χ0) is 19.0. The summed E-state index contributed by atoms with van der Waals surface area (Å²) in [5.74, 6) is -0.414. The lowest BCUT2D eigenvalue weighted by atomic mass is 9.82. The molecule has 4 rings (SSSR count). The van der Waals surface area contributed by atoms with Crippen LogP contribution in [0.15, 0.2) is 0 Å². The lowest BCUT2D eigenvalue weighted by Crippen LogP contribution is -2.48. The first kappa shape index (κ1) is 18.3. The van der Waals surface area contributed by atoms with Crippen LogP contribution in [-0.4, -0.2) is 64.8 Å². The standard InChI is InChI=1S/C19H28N4O4/c24-15-11-13(12-23(15)14-5-6-14)16(25)20-9-4-10-22-17(26)19(21-18(22)27)7-2-1-3-8-19/h13-14H,1-12H2,(H,20,25)(H,21,27). The molecule has 2 aliphatic carbocycles. The Labute approximate surface area is 159 Å². The predicted molar refractivity (Wildman–Crippen MR) is 96.5 cm³/mol. The van der Waals surface area contributed by atoms with Crippen LogP contribution < -0.4 is 10.6 Å². The highest BCUT2D eigenvalue weighted by Crippen LogP contribution is 2.34. The topological polar surface area (TPSA) is 98.8 Å². The summed E-state index contributed by atoms with van der Waals surface area (Å²) in [7, 11) is 0. The van der Waals surface area contributed by atoms with Crippen LogP contribution in [0.3, 0.4) is 0 Å². The molecule has 2 N–H and O–H groups in total. The third-order valence-corrected chi connectivity index (χ3v) is 6.33. The summed E-state index contributed by atoms with van der Waals surface area (Å²) in [5.41, 5.74) is -0.685. The quantitative estimate of drug-likeness (QED) is 0.528. The molecule has 0 radical (unpaired) electrons. The number of likely N-dealkylation sites (tertiary alicyclic amines) is 1. The van der Waals surface area contributed by atoms with Crippen LogP contribution in [0.5, 0.6) is 0 Å². The number of carbonyl (C=O) groups is 4. The van der Waals surface area contributed by atoms with E-state index in [0.717, 1.165) is 44.9 Å². The Bertz CT molecular complexity index is 654. The number of nitrogens with one attached hydrogen (secondary N) is 2. The molecule has 0 aromatic carbocycles. The molecule has 1 spiro atoms. The lowest BCUT2D eigenvalue weighted by molar-refractivity contribution is -0.132. The highest BCUT2D eigenvalue weighted by atomic mass is 16.2. The second-order valence-electron chi connectivity index (χ2n) is 8.35. The van der Waals surface area contributed by atoms with Crippen LogP contribution in [0.1, 0.15) is 57.8 Å². The van der Waals surface area contributed by atoms with Gasteiger partial charge in [0.05, 0.1) is 5.92 Å². The Morgan fingerprint density at radius 1 is 1.15 bits per heavy atom. The van der Waals surface area contributed by atoms with E-state index < -0.39 is 5.54 Å². The fourth-order valence-corrected chi connectivity index (χ4v) is 4.61. The Balaban J connectivity index is 1.21. The van der Waals surface area contributed by atoms with Gasteiger partial charge in [-0.2, -0.15) is 0 Å². The van der Waals surface area contributed by atoms with Gasteiger partial charge in [0.2, 0.25) is 11.8 Å². The van der Waals surface area contributed by atoms with E-state index in [1.807, 2.05) is 4.90 Å². The monoisotopic (exact) mass is 376 g/mol. The van der Waals surface area contributed by atoms with Gasteiger partial charge in [0.15, 0.2) is 0 Å². The Morgan fingerprint density at radius 2 is 1.89 bits per heavy atom. The second kappa shape index (κ2) is 7.13. The molecular weight excluding hydrogens is 348 g/mol. The van der Waals surface area contributed by atoms with Gasteiger partial charge in [-0.05, 0) is 32.1 Å². The summed E-state index contributed by atoms with van der Waals surface area (Å²) in [5, 5.41) is 5.76. The number of hydrogen-bond acceptors (Lipinski definition) is 4. The number of hydrogen-bond donors (Lipinski definition) is 2. The van der Waals surface area contributed by atoms with E-state index in [0.29, 0.717) is 32.1 Å². The summed E-state index contributed by atoms with van der Waals surface area (Å²) in [6, 6.07) is 0.0387. The number of urea groups is 1. The average Bonchev–Trinajstić information content (AvgIpc) is 3.38. The number of carbonyl (C=O) groups excluding carboxylic acids is 4. The lowest BCUT2D eigenvalue weighted by Gasteiger charge is -2.30. The fourth-order valence-electron chi connectivity index (χ4n) is 4.61. The third kappa shape index (κ3) is 3.53. The Hall–Kier alpha value is -2.12. The molecule has 8 nitrogen and oxygen atoms in total. The van der Waals surface area contributed by atoms with Gasteiger partial charge in [-0.15, -0.1) is 0 Å². The molecule has 1 atom stereocenters. The third-order valence-electron chi connectivity index (χ3n) is 6.33. The molecule has 0 bridgehead atoms. The van der Waals surface area contributed by atoms with Crippen molar-refractivity contribution >= 4 is 23.8 Å². The Kier molecular flexibility index (Phi) is 4.82. The van der Waals surface area contributed by atoms with E-state index in [1.165, 1.54) is 4.90 Å². The minimum Gasteiger partial charge on any atom is -0.356 e. The SMILES string of the molecule is O=C(NCCCN1C(=O)NC2(CCCCC2)C1=O)C1CC(=O)N(C2CC2)C1. The molecule has 1 unspecified atom stereocenters. The van der Waals surface area contributed by atoms with E-state index in [-0.39, 0.29) is 36.1 Å². The van der Waals surface area contributed by atoms with Crippen molar-refractivity contribution in [3.8, 4) is 0 Å². The van der Waals surface area contributed by atoms with Crippen LogP contribution in [0.4, 0.5) is 4.79 Å². The summed E-state index contributed by atoms with van der Waals surface area (Å²) in [6.07, 6.45) is 7.39. The molecule has 2 heterocycles. The molecule has 2 aliphatic heterocycles. The van der Waals surface area contributed by atoms with Crippen molar-refractivity contribution in [1.82, 2.24) is 20.4 Å². The molecule has 4 aliphatic rings. The molecule has 4 fully saturated rings. The number of nitrogens with zero attached hydrogens (tertiary/aromatic N) is 2. The maximum absolute atomic E-state index is 12.7. The summed E-state index contributed by atoms with van der Waals surface area (Å²) >= 11 is 0. The van der Waals surface area contributed by atoms with E-state index in [9.17, 15) is 19.2 Å². The van der Waals surface area contributed by atoms with Gasteiger partial charge >= 0.3 is 6.03 Å². The highest BCUT2D eigenvalue weighted by Gasteiger charge is 2.50. The van der Waals surface area contributed by atoms with E-state index in [2.05, 4.69) is 10.6 Å². The van der Waals surface area contributed by atoms with Crippen LogP contribution >= 0.6 is 0 Å². The Morgan fingerprint density at radius 3 is 2.59 bits per heavy atom. The van der Waals surface area contributed by atoms with Crippen molar-refractivity contribution < 1.29 is 19.2 Å². The fraction of sp³-hybridized carbons (Fsp3) is 0.789. The molecule has 148 valence electrons. The molecular formula is C19H28N4O4. The van der Waals surface area contributed by atoms with Crippen molar-refractivity contribution in [3.05, 3.63) is 0 Å². The van der Waals surface area contributed by atoms with Crippen molar-refractivity contribution in [2.24, 2.45) is 5.92 Å². The normalized spacial score (nSPS) is 27.4. The van der Waals surface area contributed by atoms with Gasteiger partial charge in [0, 0.05) is 32.1 Å². The zero-order valence-electron chi connectivity index (χ0n) is 15.7. The first-order valence-corrected chi connectivity index (χ1v) is 10.2. The summed E-state index contributed by atoms with van der Waals surface area (Å²) < 4.78 is 0.